The molecule has 0 unspecified atom stereocenters. The summed E-state index contributed by atoms with van der Waals surface area (Å²) in [7, 11) is 0. The maximum Gasteiger partial charge on any atom is 0.0438 e. The minimum absolute atomic E-state index is 0.283. The first-order chi connectivity index (χ1) is 8.76. The van der Waals surface area contributed by atoms with Crippen LogP contribution < -0.4 is 5.73 Å². The first-order valence-corrected chi connectivity index (χ1v) is 7.57. The molecule has 2 heteroatoms. The van der Waals surface area contributed by atoms with Crippen LogP contribution in [0.5, 0.6) is 0 Å². The number of hydrogen-bond donors (Lipinski definition) is 1. The fourth-order valence-electron chi connectivity index (χ4n) is 3.15. The molecule has 1 saturated carbocycles. The summed E-state index contributed by atoms with van der Waals surface area (Å²) >= 11 is 6.29. The second-order valence-electron chi connectivity index (χ2n) is 5.74. The molecule has 1 nitrogen and oxygen atoms in total. The van der Waals surface area contributed by atoms with E-state index in [9.17, 15) is 0 Å². The smallest absolute Gasteiger partial charge is 0.0438 e. The number of rotatable bonds is 3. The third-order valence-electron chi connectivity index (χ3n) is 4.37. The maximum absolute atomic E-state index is 6.29. The van der Waals surface area contributed by atoms with Crippen LogP contribution in [0.2, 0.25) is 5.02 Å². The normalized spacial score (nSPS) is 20.1. The maximum atomic E-state index is 6.29. The molecule has 0 radical (unpaired) electrons. The standard InChI is InChI=1S/C16H24ClN/c17-15-9-5-4-8-14(15)12-16(13-18)10-6-2-1-3-7-11-16/h4-5,8-9H,1-3,6-7,10-13,18H2. The van der Waals surface area contributed by atoms with Crippen LogP contribution in [-0.4, -0.2) is 6.54 Å². The van der Waals surface area contributed by atoms with E-state index in [4.69, 9.17) is 17.3 Å². The molecule has 0 amide bonds. The first kappa shape index (κ1) is 13.9. The van der Waals surface area contributed by atoms with Gasteiger partial charge in [0.05, 0.1) is 0 Å². The van der Waals surface area contributed by atoms with Gasteiger partial charge in [-0.05, 0) is 42.9 Å². The summed E-state index contributed by atoms with van der Waals surface area (Å²) in [5.41, 5.74) is 7.67. The van der Waals surface area contributed by atoms with Gasteiger partial charge in [0.1, 0.15) is 0 Å². The van der Waals surface area contributed by atoms with Crippen molar-refractivity contribution in [1.29, 1.82) is 0 Å². The summed E-state index contributed by atoms with van der Waals surface area (Å²) in [6, 6.07) is 8.22. The van der Waals surface area contributed by atoms with Crippen molar-refractivity contribution >= 4 is 11.6 Å². The lowest BCUT2D eigenvalue weighted by atomic mass is 9.72. The van der Waals surface area contributed by atoms with Crippen molar-refractivity contribution in [3.8, 4) is 0 Å². The first-order valence-electron chi connectivity index (χ1n) is 7.19. The Hall–Kier alpha value is -0.530. The van der Waals surface area contributed by atoms with Gasteiger partial charge in [-0.1, -0.05) is 61.9 Å². The van der Waals surface area contributed by atoms with E-state index in [1.54, 1.807) is 0 Å². The van der Waals surface area contributed by atoms with Crippen molar-refractivity contribution in [3.05, 3.63) is 34.9 Å². The summed E-state index contributed by atoms with van der Waals surface area (Å²) in [4.78, 5) is 0. The Morgan fingerprint density at radius 3 is 2.22 bits per heavy atom. The molecule has 1 aliphatic rings. The number of benzene rings is 1. The number of hydrogen-bond acceptors (Lipinski definition) is 1. The largest absolute Gasteiger partial charge is 0.330 e. The molecule has 1 aromatic rings. The molecule has 0 saturated heterocycles. The molecule has 0 aromatic heterocycles. The lowest BCUT2D eigenvalue weighted by molar-refractivity contribution is 0.217. The molecule has 2 rings (SSSR count). The summed E-state index contributed by atoms with van der Waals surface area (Å²) in [6.07, 6.45) is 10.3. The molecule has 2 N–H and O–H groups in total. The summed E-state index contributed by atoms with van der Waals surface area (Å²) in [6.45, 7) is 0.790. The fraction of sp³-hybridized carbons (Fsp3) is 0.625. The molecule has 0 atom stereocenters. The Labute approximate surface area is 116 Å². The predicted octanol–water partition coefficient (Wildman–Crippen LogP) is 4.57. The van der Waals surface area contributed by atoms with Gasteiger partial charge in [-0.3, -0.25) is 0 Å². The zero-order valence-electron chi connectivity index (χ0n) is 11.1. The van der Waals surface area contributed by atoms with E-state index in [0.29, 0.717) is 0 Å². The predicted molar refractivity (Wildman–Crippen MR) is 79.0 cm³/mol. The zero-order valence-corrected chi connectivity index (χ0v) is 11.9. The topological polar surface area (TPSA) is 26.0 Å². The molecule has 1 aromatic carbocycles. The lowest BCUT2D eigenvalue weighted by Gasteiger charge is -2.35. The monoisotopic (exact) mass is 265 g/mol. The highest BCUT2D eigenvalue weighted by Crippen LogP contribution is 2.37. The Morgan fingerprint density at radius 2 is 1.61 bits per heavy atom. The fourth-order valence-corrected chi connectivity index (χ4v) is 3.36. The molecule has 100 valence electrons. The highest BCUT2D eigenvalue weighted by molar-refractivity contribution is 6.31. The third-order valence-corrected chi connectivity index (χ3v) is 4.74. The van der Waals surface area contributed by atoms with Gasteiger partial charge < -0.3 is 5.73 Å². The van der Waals surface area contributed by atoms with Crippen molar-refractivity contribution in [2.24, 2.45) is 11.1 Å². The van der Waals surface area contributed by atoms with Gasteiger partial charge in [-0.15, -0.1) is 0 Å². The number of halogens is 1. The second kappa shape index (κ2) is 6.58. The highest BCUT2D eigenvalue weighted by atomic mass is 35.5. The highest BCUT2D eigenvalue weighted by Gasteiger charge is 2.29. The van der Waals surface area contributed by atoms with Gasteiger partial charge >= 0.3 is 0 Å². The molecule has 1 fully saturated rings. The molecule has 0 heterocycles. The summed E-state index contributed by atoms with van der Waals surface area (Å²) < 4.78 is 0. The molecule has 0 aliphatic heterocycles. The van der Waals surface area contributed by atoms with Crippen molar-refractivity contribution in [3.63, 3.8) is 0 Å². The second-order valence-corrected chi connectivity index (χ2v) is 6.15. The van der Waals surface area contributed by atoms with E-state index in [1.165, 1.54) is 50.5 Å². The van der Waals surface area contributed by atoms with Gasteiger partial charge in [0.15, 0.2) is 0 Å². The summed E-state index contributed by atoms with van der Waals surface area (Å²) in [5.74, 6) is 0. The quantitative estimate of drug-likeness (QED) is 0.851. The van der Waals surface area contributed by atoms with Crippen molar-refractivity contribution in [2.45, 2.75) is 51.4 Å². The van der Waals surface area contributed by atoms with Crippen LogP contribution in [0.3, 0.4) is 0 Å². The minimum Gasteiger partial charge on any atom is -0.330 e. The van der Waals surface area contributed by atoms with Crippen LogP contribution in [0.25, 0.3) is 0 Å². The molecular formula is C16H24ClN. The summed E-state index contributed by atoms with van der Waals surface area (Å²) in [5, 5.41) is 0.896. The van der Waals surface area contributed by atoms with Gasteiger partial charge in [0.25, 0.3) is 0 Å². The average Bonchev–Trinajstić information content (AvgIpc) is 2.35. The molecule has 0 bridgehead atoms. The average molecular weight is 266 g/mol. The van der Waals surface area contributed by atoms with E-state index >= 15 is 0 Å². The van der Waals surface area contributed by atoms with E-state index < -0.39 is 0 Å². The molecule has 0 spiro atoms. The van der Waals surface area contributed by atoms with E-state index in [-0.39, 0.29) is 5.41 Å². The SMILES string of the molecule is NCC1(Cc2ccccc2Cl)CCCCCCC1. The van der Waals surface area contributed by atoms with Crippen LogP contribution in [0.1, 0.15) is 50.5 Å². The van der Waals surface area contributed by atoms with Crippen LogP contribution in [0.4, 0.5) is 0 Å². The van der Waals surface area contributed by atoms with Crippen LogP contribution in [0.15, 0.2) is 24.3 Å². The molecular weight excluding hydrogens is 242 g/mol. The van der Waals surface area contributed by atoms with Crippen molar-refractivity contribution in [1.82, 2.24) is 0 Å². The Kier molecular flexibility index (Phi) is 5.08. The van der Waals surface area contributed by atoms with Gasteiger partial charge in [0.2, 0.25) is 0 Å². The lowest BCUT2D eigenvalue weighted by Crippen LogP contribution is -2.33. The van der Waals surface area contributed by atoms with Crippen LogP contribution in [-0.2, 0) is 6.42 Å². The number of nitrogens with two attached hydrogens (primary N) is 1. The van der Waals surface area contributed by atoms with E-state index in [1.807, 2.05) is 12.1 Å². The van der Waals surface area contributed by atoms with Crippen molar-refractivity contribution in [2.75, 3.05) is 6.54 Å². The van der Waals surface area contributed by atoms with E-state index in [0.717, 1.165) is 18.0 Å². The van der Waals surface area contributed by atoms with Crippen LogP contribution in [0, 0.1) is 5.41 Å². The zero-order chi connectivity index (χ0) is 12.8. The van der Waals surface area contributed by atoms with Crippen LogP contribution >= 0.6 is 11.6 Å². The Morgan fingerprint density at radius 1 is 1.00 bits per heavy atom. The van der Waals surface area contributed by atoms with Gasteiger partial charge in [0, 0.05) is 5.02 Å². The minimum atomic E-state index is 0.283. The van der Waals surface area contributed by atoms with Gasteiger partial charge in [-0.2, -0.15) is 0 Å². The van der Waals surface area contributed by atoms with E-state index in [2.05, 4.69) is 12.1 Å². The Bertz CT molecular complexity index is 367. The molecule has 1 aliphatic carbocycles. The van der Waals surface area contributed by atoms with Crippen molar-refractivity contribution < 1.29 is 0 Å². The molecule has 18 heavy (non-hydrogen) atoms. The van der Waals surface area contributed by atoms with Gasteiger partial charge in [-0.25, -0.2) is 0 Å². The Balaban J connectivity index is 2.13. The third kappa shape index (κ3) is 3.49.